The molecule has 1 aliphatic rings. The number of ether oxygens (including phenoxy) is 1. The minimum atomic E-state index is -0.327. The maximum absolute atomic E-state index is 11.6. The molecule has 2 rings (SSSR count). The smallest absolute Gasteiger partial charge is 0.220 e. The van der Waals surface area contributed by atoms with Crippen molar-refractivity contribution in [3.8, 4) is 11.8 Å². The summed E-state index contributed by atoms with van der Waals surface area (Å²) in [6.07, 6.45) is 1.14. The molecule has 1 amide bonds. The number of fused-ring (bicyclic) bond motifs is 1. The molecule has 4 nitrogen and oxygen atoms in total. The summed E-state index contributed by atoms with van der Waals surface area (Å²) in [6, 6.07) is 7.36. The molecule has 1 unspecified atom stereocenters. The Morgan fingerprint density at radius 3 is 2.95 bits per heavy atom. The van der Waals surface area contributed by atoms with Crippen LogP contribution in [0.5, 0.6) is 5.75 Å². The Hall–Kier alpha value is -2.02. The van der Waals surface area contributed by atoms with E-state index in [1.807, 2.05) is 20.8 Å². The van der Waals surface area contributed by atoms with Gasteiger partial charge in [-0.05, 0) is 32.0 Å². The molecule has 0 aromatic heterocycles. The minimum absolute atomic E-state index is 0.0102. The van der Waals surface area contributed by atoms with Gasteiger partial charge in [0.25, 0.3) is 0 Å². The van der Waals surface area contributed by atoms with Crippen LogP contribution in [0.25, 0.3) is 0 Å². The molecule has 0 bridgehead atoms. The van der Waals surface area contributed by atoms with Crippen LogP contribution in [-0.2, 0) is 4.79 Å². The third kappa shape index (κ3) is 2.87. The summed E-state index contributed by atoms with van der Waals surface area (Å²) >= 11 is 0. The number of carbonyl (C=O) groups is 1. The average Bonchev–Trinajstić information content (AvgIpc) is 2.37. The Morgan fingerprint density at radius 2 is 2.32 bits per heavy atom. The first-order chi connectivity index (χ1) is 8.95. The van der Waals surface area contributed by atoms with E-state index in [1.54, 1.807) is 18.2 Å². The van der Waals surface area contributed by atoms with Gasteiger partial charge in [0.15, 0.2) is 0 Å². The number of rotatable bonds is 2. The van der Waals surface area contributed by atoms with Crippen LogP contribution in [0, 0.1) is 11.3 Å². The maximum atomic E-state index is 11.6. The summed E-state index contributed by atoms with van der Waals surface area (Å²) in [7, 11) is 0. The Bertz CT molecular complexity index is 544. The molecule has 1 atom stereocenters. The lowest BCUT2D eigenvalue weighted by Crippen LogP contribution is -2.41. The molecule has 19 heavy (non-hydrogen) atoms. The van der Waals surface area contributed by atoms with E-state index in [1.165, 1.54) is 0 Å². The summed E-state index contributed by atoms with van der Waals surface area (Å²) in [5.41, 5.74) is 1.14. The molecular formula is C15H18N2O2. The summed E-state index contributed by atoms with van der Waals surface area (Å²) in [5, 5.41) is 12.0. The van der Waals surface area contributed by atoms with Crippen molar-refractivity contribution >= 4 is 5.91 Å². The van der Waals surface area contributed by atoms with Gasteiger partial charge >= 0.3 is 0 Å². The fourth-order valence-electron chi connectivity index (χ4n) is 2.35. The second-order valence-electron chi connectivity index (χ2n) is 5.40. The SMILES string of the molecule is CCC(=O)NC1CC(C)(C)Oc2ccc(C#N)cc21. The van der Waals surface area contributed by atoms with Gasteiger partial charge < -0.3 is 10.1 Å². The molecule has 1 heterocycles. The van der Waals surface area contributed by atoms with Crippen molar-refractivity contribution in [3.63, 3.8) is 0 Å². The third-order valence-electron chi connectivity index (χ3n) is 3.25. The lowest BCUT2D eigenvalue weighted by atomic mass is 9.89. The molecule has 1 aromatic rings. The number of hydrogen-bond acceptors (Lipinski definition) is 3. The van der Waals surface area contributed by atoms with Crippen LogP contribution in [0.3, 0.4) is 0 Å². The highest BCUT2D eigenvalue weighted by Gasteiger charge is 2.34. The lowest BCUT2D eigenvalue weighted by Gasteiger charge is -2.38. The van der Waals surface area contributed by atoms with Crippen molar-refractivity contribution < 1.29 is 9.53 Å². The van der Waals surface area contributed by atoms with Crippen molar-refractivity contribution in [3.05, 3.63) is 29.3 Å². The van der Waals surface area contributed by atoms with Crippen LogP contribution in [0.15, 0.2) is 18.2 Å². The highest BCUT2D eigenvalue weighted by Crippen LogP contribution is 2.39. The van der Waals surface area contributed by atoms with Crippen LogP contribution in [-0.4, -0.2) is 11.5 Å². The van der Waals surface area contributed by atoms with Gasteiger partial charge in [-0.15, -0.1) is 0 Å². The number of carbonyl (C=O) groups excluding carboxylic acids is 1. The monoisotopic (exact) mass is 258 g/mol. The van der Waals surface area contributed by atoms with E-state index in [9.17, 15) is 4.79 Å². The Labute approximate surface area is 113 Å². The molecule has 0 spiro atoms. The first-order valence-electron chi connectivity index (χ1n) is 6.47. The second kappa shape index (κ2) is 4.93. The van der Waals surface area contributed by atoms with E-state index in [0.29, 0.717) is 18.4 Å². The van der Waals surface area contributed by atoms with Gasteiger partial charge in [0.2, 0.25) is 5.91 Å². The van der Waals surface area contributed by atoms with Gasteiger partial charge in [-0.25, -0.2) is 0 Å². The first kappa shape index (κ1) is 13.4. The molecule has 100 valence electrons. The van der Waals surface area contributed by atoms with Gasteiger partial charge in [0.1, 0.15) is 11.4 Å². The van der Waals surface area contributed by atoms with Crippen LogP contribution in [0.1, 0.15) is 50.8 Å². The van der Waals surface area contributed by atoms with Crippen molar-refractivity contribution in [2.75, 3.05) is 0 Å². The molecule has 4 heteroatoms. The van der Waals surface area contributed by atoms with E-state index >= 15 is 0 Å². The first-order valence-corrected chi connectivity index (χ1v) is 6.47. The van der Waals surface area contributed by atoms with Crippen molar-refractivity contribution in [2.45, 2.75) is 45.3 Å². The van der Waals surface area contributed by atoms with E-state index in [0.717, 1.165) is 11.3 Å². The largest absolute Gasteiger partial charge is 0.487 e. The number of nitrogens with one attached hydrogen (secondary N) is 1. The zero-order valence-corrected chi connectivity index (χ0v) is 11.5. The quantitative estimate of drug-likeness (QED) is 0.887. The normalized spacial score (nSPS) is 19.8. The van der Waals surface area contributed by atoms with Crippen molar-refractivity contribution in [2.24, 2.45) is 0 Å². The predicted molar refractivity (Wildman–Crippen MR) is 71.7 cm³/mol. The van der Waals surface area contributed by atoms with E-state index in [2.05, 4.69) is 11.4 Å². The fourth-order valence-corrected chi connectivity index (χ4v) is 2.35. The van der Waals surface area contributed by atoms with Crippen LogP contribution in [0.2, 0.25) is 0 Å². The number of nitrogens with zero attached hydrogens (tertiary/aromatic N) is 1. The molecular weight excluding hydrogens is 240 g/mol. The Kier molecular flexibility index (Phi) is 3.48. The Balaban J connectivity index is 2.39. The van der Waals surface area contributed by atoms with Crippen molar-refractivity contribution in [1.29, 1.82) is 5.26 Å². The van der Waals surface area contributed by atoms with E-state index < -0.39 is 0 Å². The number of benzene rings is 1. The van der Waals surface area contributed by atoms with Crippen LogP contribution >= 0.6 is 0 Å². The summed E-state index contributed by atoms with van der Waals surface area (Å²) in [5.74, 6) is 0.757. The predicted octanol–water partition coefficient (Wildman–Crippen LogP) is 2.69. The minimum Gasteiger partial charge on any atom is -0.487 e. The van der Waals surface area contributed by atoms with Gasteiger partial charge in [0.05, 0.1) is 17.7 Å². The highest BCUT2D eigenvalue weighted by atomic mass is 16.5. The molecule has 1 aliphatic heterocycles. The molecule has 1 aromatic carbocycles. The second-order valence-corrected chi connectivity index (χ2v) is 5.40. The molecule has 0 saturated carbocycles. The summed E-state index contributed by atoms with van der Waals surface area (Å²) in [6.45, 7) is 5.82. The zero-order chi connectivity index (χ0) is 14.0. The number of amides is 1. The molecule has 0 fully saturated rings. The fraction of sp³-hybridized carbons (Fsp3) is 0.467. The van der Waals surface area contributed by atoms with Crippen LogP contribution < -0.4 is 10.1 Å². The molecule has 0 saturated heterocycles. The zero-order valence-electron chi connectivity index (χ0n) is 11.5. The van der Waals surface area contributed by atoms with E-state index in [-0.39, 0.29) is 17.6 Å². The lowest BCUT2D eigenvalue weighted by molar-refractivity contribution is -0.122. The standard InChI is InChI=1S/C15H18N2O2/c1-4-14(18)17-12-8-15(2,3)19-13-6-5-10(9-16)7-11(12)13/h5-7,12H,4,8H2,1-3H3,(H,17,18). The average molecular weight is 258 g/mol. The highest BCUT2D eigenvalue weighted by molar-refractivity contribution is 5.76. The topological polar surface area (TPSA) is 62.1 Å². The number of nitriles is 1. The van der Waals surface area contributed by atoms with Gasteiger partial charge in [-0.3, -0.25) is 4.79 Å². The summed E-state index contributed by atoms with van der Waals surface area (Å²) < 4.78 is 5.90. The third-order valence-corrected chi connectivity index (χ3v) is 3.25. The van der Waals surface area contributed by atoms with Crippen LogP contribution in [0.4, 0.5) is 0 Å². The summed E-state index contributed by atoms with van der Waals surface area (Å²) in [4.78, 5) is 11.6. The molecule has 0 radical (unpaired) electrons. The van der Waals surface area contributed by atoms with Crippen molar-refractivity contribution in [1.82, 2.24) is 5.32 Å². The number of hydrogen-bond donors (Lipinski definition) is 1. The Morgan fingerprint density at radius 1 is 1.58 bits per heavy atom. The van der Waals surface area contributed by atoms with Gasteiger partial charge in [0, 0.05) is 18.4 Å². The van der Waals surface area contributed by atoms with Gasteiger partial charge in [-0.1, -0.05) is 6.92 Å². The van der Waals surface area contributed by atoms with E-state index in [4.69, 9.17) is 10.00 Å². The van der Waals surface area contributed by atoms with Gasteiger partial charge in [-0.2, -0.15) is 5.26 Å². The maximum Gasteiger partial charge on any atom is 0.220 e. The molecule has 0 aliphatic carbocycles. The molecule has 1 N–H and O–H groups in total.